The molecular formula is C30H50O7. The summed E-state index contributed by atoms with van der Waals surface area (Å²) < 4.78 is 0. The Kier molecular flexibility index (Phi) is 6.86. The van der Waals surface area contributed by atoms with Crippen LogP contribution >= 0.6 is 0 Å². The summed E-state index contributed by atoms with van der Waals surface area (Å²) in [5.74, 6) is -1.75. The van der Waals surface area contributed by atoms with Gasteiger partial charge in [0.2, 0.25) is 0 Å². The van der Waals surface area contributed by atoms with E-state index in [4.69, 9.17) is 0 Å². The number of aliphatic hydroxyl groups excluding tert-OH is 4. The summed E-state index contributed by atoms with van der Waals surface area (Å²) in [7, 11) is 0. The van der Waals surface area contributed by atoms with Gasteiger partial charge in [0.15, 0.2) is 0 Å². The monoisotopic (exact) mass is 522 g/mol. The number of carboxylic acids is 1. The highest BCUT2D eigenvalue weighted by molar-refractivity contribution is 5.66. The van der Waals surface area contributed by atoms with Crippen molar-refractivity contribution in [2.45, 2.75) is 111 Å². The van der Waals surface area contributed by atoms with Crippen molar-refractivity contribution in [2.75, 3.05) is 6.61 Å². The van der Waals surface area contributed by atoms with E-state index in [0.717, 1.165) is 6.42 Å². The van der Waals surface area contributed by atoms with Gasteiger partial charge in [-0.2, -0.15) is 0 Å². The fourth-order valence-electron chi connectivity index (χ4n) is 10.0. The number of carbonyl (C=O) groups is 1. The van der Waals surface area contributed by atoms with Gasteiger partial charge in [-0.05, 0) is 78.9 Å². The van der Waals surface area contributed by atoms with Gasteiger partial charge in [-0.15, -0.1) is 0 Å². The van der Waals surface area contributed by atoms with Crippen LogP contribution in [0, 0.1) is 50.7 Å². The molecule has 3 saturated carbocycles. The number of rotatable bonds is 5. The number of hydrogen-bond acceptors (Lipinski definition) is 6. The molecule has 12 atom stereocenters. The predicted octanol–water partition coefficient (Wildman–Crippen LogP) is 3.36. The summed E-state index contributed by atoms with van der Waals surface area (Å²) in [6.07, 6.45) is 4.54. The molecule has 6 N–H and O–H groups in total. The molecule has 0 aromatic rings. The number of aliphatic hydroxyl groups is 5. The third-order valence-corrected chi connectivity index (χ3v) is 12.5. The van der Waals surface area contributed by atoms with Gasteiger partial charge < -0.3 is 30.6 Å². The van der Waals surface area contributed by atoms with E-state index in [1.807, 2.05) is 13.8 Å². The molecule has 7 heteroatoms. The smallest absolute Gasteiger partial charge is 0.303 e. The molecule has 0 aromatic carbocycles. The lowest BCUT2D eigenvalue weighted by Crippen LogP contribution is -2.73. The van der Waals surface area contributed by atoms with Crippen LogP contribution in [0.5, 0.6) is 0 Å². The van der Waals surface area contributed by atoms with Crippen LogP contribution in [0.3, 0.4) is 0 Å². The lowest BCUT2D eigenvalue weighted by Gasteiger charge is -2.73. The van der Waals surface area contributed by atoms with E-state index >= 15 is 0 Å². The number of carboxylic acid groups (broad SMARTS) is 1. The van der Waals surface area contributed by atoms with Crippen molar-refractivity contribution in [2.24, 2.45) is 50.7 Å². The molecule has 0 heterocycles. The molecule has 0 aliphatic heterocycles. The minimum absolute atomic E-state index is 0.0511. The summed E-state index contributed by atoms with van der Waals surface area (Å²) in [6.45, 7) is 13.7. The van der Waals surface area contributed by atoms with Crippen molar-refractivity contribution < 1.29 is 35.4 Å². The van der Waals surface area contributed by atoms with Crippen molar-refractivity contribution in [1.82, 2.24) is 0 Å². The van der Waals surface area contributed by atoms with Crippen LogP contribution in [0.4, 0.5) is 0 Å². The molecule has 4 aliphatic rings. The molecule has 0 spiro atoms. The van der Waals surface area contributed by atoms with Gasteiger partial charge in [-0.3, -0.25) is 4.79 Å². The van der Waals surface area contributed by atoms with Crippen LogP contribution in [0.2, 0.25) is 0 Å². The van der Waals surface area contributed by atoms with E-state index in [2.05, 4.69) is 39.8 Å². The minimum atomic E-state index is -1.50. The van der Waals surface area contributed by atoms with Gasteiger partial charge in [0.05, 0.1) is 30.5 Å². The third kappa shape index (κ3) is 3.89. The number of fused-ring (bicyclic) bond motifs is 5. The van der Waals surface area contributed by atoms with E-state index < -0.39 is 64.1 Å². The second-order valence-corrected chi connectivity index (χ2v) is 15.1. The summed E-state index contributed by atoms with van der Waals surface area (Å²) in [5, 5.41) is 66.1. The molecule has 0 aromatic heterocycles. The van der Waals surface area contributed by atoms with Gasteiger partial charge >= 0.3 is 5.97 Å². The second-order valence-electron chi connectivity index (χ2n) is 15.1. The molecule has 37 heavy (non-hydrogen) atoms. The highest BCUT2D eigenvalue weighted by Crippen LogP contribution is 2.74. The van der Waals surface area contributed by atoms with Crippen LogP contribution in [0.15, 0.2) is 12.2 Å². The van der Waals surface area contributed by atoms with Crippen molar-refractivity contribution in [1.29, 1.82) is 0 Å². The Morgan fingerprint density at radius 1 is 0.919 bits per heavy atom. The standard InChI is InChI=1S/C30H50O7/c1-25(2)13-18-17-8-9-19-26(3,11-10-24(35)36)20(28(5,37)16-31)12-21(32)30(19,7)29(17,6)23(34)15-27(18,4)22(33)14-25/h8-9,17-23,31-34,37H,10-16H2,1-7H3,(H,35,36). The molecule has 0 radical (unpaired) electrons. The van der Waals surface area contributed by atoms with E-state index in [1.54, 1.807) is 6.92 Å². The molecule has 12 unspecified atom stereocenters. The van der Waals surface area contributed by atoms with Crippen molar-refractivity contribution in [3.8, 4) is 0 Å². The number of aliphatic carboxylic acids is 1. The third-order valence-electron chi connectivity index (χ3n) is 12.5. The quantitative estimate of drug-likeness (QED) is 0.304. The number of hydrogen-bond donors (Lipinski definition) is 6. The molecule has 0 amide bonds. The van der Waals surface area contributed by atoms with Gasteiger partial charge in [0.25, 0.3) is 0 Å². The van der Waals surface area contributed by atoms with Crippen LogP contribution in [0.25, 0.3) is 0 Å². The first-order chi connectivity index (χ1) is 16.8. The van der Waals surface area contributed by atoms with Gasteiger partial charge in [0.1, 0.15) is 0 Å². The first-order valence-corrected chi connectivity index (χ1v) is 14.1. The molecule has 0 bridgehead atoms. The summed E-state index contributed by atoms with van der Waals surface area (Å²) >= 11 is 0. The van der Waals surface area contributed by atoms with E-state index in [0.29, 0.717) is 12.8 Å². The maximum Gasteiger partial charge on any atom is 0.303 e. The van der Waals surface area contributed by atoms with Crippen LogP contribution in [-0.4, -0.2) is 67.1 Å². The van der Waals surface area contributed by atoms with Gasteiger partial charge in [-0.1, -0.05) is 53.7 Å². The van der Waals surface area contributed by atoms with Crippen molar-refractivity contribution in [3.63, 3.8) is 0 Å². The lowest BCUT2D eigenvalue weighted by molar-refractivity contribution is -0.285. The molecule has 212 valence electrons. The van der Waals surface area contributed by atoms with Gasteiger partial charge in [-0.25, -0.2) is 0 Å². The first kappa shape index (κ1) is 29.0. The Labute approximate surface area is 222 Å². The van der Waals surface area contributed by atoms with Gasteiger partial charge in [0, 0.05) is 17.3 Å². The van der Waals surface area contributed by atoms with E-state index in [9.17, 15) is 35.4 Å². The topological polar surface area (TPSA) is 138 Å². The molecule has 0 saturated heterocycles. The summed E-state index contributed by atoms with van der Waals surface area (Å²) in [5.41, 5.74) is -4.28. The highest BCUT2D eigenvalue weighted by atomic mass is 16.4. The zero-order chi connectivity index (χ0) is 28.0. The lowest BCUT2D eigenvalue weighted by atomic mass is 9.33. The fraction of sp³-hybridized carbons (Fsp3) is 0.900. The highest BCUT2D eigenvalue weighted by Gasteiger charge is 2.73. The van der Waals surface area contributed by atoms with E-state index in [-0.39, 0.29) is 42.4 Å². The Bertz CT molecular complexity index is 944. The SMILES string of the molecule is CC1(C)CC(O)C2(C)CC(O)C3(C)C(C=CC4C(C)(CCC(=O)O)C(C(C)(O)CO)CC(O)C43C)C2C1. The maximum atomic E-state index is 12.0. The van der Waals surface area contributed by atoms with Crippen LogP contribution in [0.1, 0.15) is 87.0 Å². The Morgan fingerprint density at radius 2 is 1.54 bits per heavy atom. The fourth-order valence-corrected chi connectivity index (χ4v) is 10.0. The summed E-state index contributed by atoms with van der Waals surface area (Å²) in [4.78, 5) is 11.7. The average Bonchev–Trinajstić information content (AvgIpc) is 2.78. The van der Waals surface area contributed by atoms with E-state index in [1.165, 1.54) is 0 Å². The Hall–Kier alpha value is -0.990. The van der Waals surface area contributed by atoms with Crippen molar-refractivity contribution in [3.05, 3.63) is 12.2 Å². The molecule has 4 rings (SSSR count). The Balaban J connectivity index is 1.90. The van der Waals surface area contributed by atoms with Crippen LogP contribution < -0.4 is 0 Å². The second kappa shape index (κ2) is 8.76. The average molecular weight is 523 g/mol. The minimum Gasteiger partial charge on any atom is -0.481 e. The van der Waals surface area contributed by atoms with Crippen LogP contribution in [-0.2, 0) is 4.79 Å². The molecular weight excluding hydrogens is 472 g/mol. The maximum absolute atomic E-state index is 12.0. The zero-order valence-corrected chi connectivity index (χ0v) is 23.7. The molecule has 3 fully saturated rings. The zero-order valence-electron chi connectivity index (χ0n) is 23.7. The first-order valence-electron chi connectivity index (χ1n) is 14.1. The molecule has 4 aliphatic carbocycles. The largest absolute Gasteiger partial charge is 0.481 e. The predicted molar refractivity (Wildman–Crippen MR) is 140 cm³/mol. The summed E-state index contributed by atoms with van der Waals surface area (Å²) in [6, 6.07) is 0. The Morgan fingerprint density at radius 3 is 2.11 bits per heavy atom. The van der Waals surface area contributed by atoms with Crippen molar-refractivity contribution >= 4 is 5.97 Å². The normalized spacial score (nSPS) is 52.4. The molecule has 7 nitrogen and oxygen atoms in total. The number of allylic oxidation sites excluding steroid dienone is 2.